The molecule has 5 heteroatoms. The minimum Gasteiger partial charge on any atom is -0.478 e. The van der Waals surface area contributed by atoms with Crippen LogP contribution < -0.4 is 5.32 Å². The van der Waals surface area contributed by atoms with E-state index < -0.39 is 5.97 Å². The summed E-state index contributed by atoms with van der Waals surface area (Å²) in [5.41, 5.74) is 2.23. The number of nitrogens with zero attached hydrogens (tertiary/aromatic N) is 1. The molecule has 3 aromatic rings. The maximum atomic E-state index is 12.2. The fraction of sp³-hybridized carbons (Fsp3) is 0. The standard InChI is InChI=1S/C18H14N2O3/c21-17(19-15-7-3-14(4-8-15)18(22)23)13-5-9-16(10-6-13)20-11-1-2-12-20/h1-12H,(H,19,21)(H,22,23). The molecule has 0 spiro atoms. The van der Waals surface area contributed by atoms with Gasteiger partial charge in [-0.1, -0.05) is 0 Å². The highest BCUT2D eigenvalue weighted by Gasteiger charge is 2.07. The van der Waals surface area contributed by atoms with Crippen molar-refractivity contribution in [3.05, 3.63) is 84.2 Å². The summed E-state index contributed by atoms with van der Waals surface area (Å²) >= 11 is 0. The van der Waals surface area contributed by atoms with Crippen LogP contribution in [0.25, 0.3) is 5.69 Å². The lowest BCUT2D eigenvalue weighted by atomic mass is 10.1. The maximum Gasteiger partial charge on any atom is 0.335 e. The smallest absolute Gasteiger partial charge is 0.335 e. The van der Waals surface area contributed by atoms with Crippen molar-refractivity contribution in [3.8, 4) is 5.69 Å². The van der Waals surface area contributed by atoms with Gasteiger partial charge in [0.15, 0.2) is 0 Å². The molecule has 0 bridgehead atoms. The third-order valence-electron chi connectivity index (χ3n) is 3.42. The molecule has 5 nitrogen and oxygen atoms in total. The van der Waals surface area contributed by atoms with E-state index in [1.807, 2.05) is 41.2 Å². The Bertz CT molecular complexity index is 820. The number of aromatic carboxylic acids is 1. The van der Waals surface area contributed by atoms with Gasteiger partial charge in [-0.2, -0.15) is 0 Å². The Morgan fingerprint density at radius 1 is 0.826 bits per heavy atom. The number of carboxylic acids is 1. The Hall–Kier alpha value is -3.34. The number of anilines is 1. The summed E-state index contributed by atoms with van der Waals surface area (Å²) in [5.74, 6) is -1.24. The van der Waals surface area contributed by atoms with Crippen LogP contribution in [0.4, 0.5) is 5.69 Å². The van der Waals surface area contributed by atoms with Crippen LogP contribution in [0.2, 0.25) is 0 Å². The van der Waals surface area contributed by atoms with E-state index in [1.54, 1.807) is 24.3 Å². The summed E-state index contributed by atoms with van der Waals surface area (Å²) in [7, 11) is 0. The molecule has 0 saturated heterocycles. The monoisotopic (exact) mass is 306 g/mol. The molecule has 0 aliphatic carbocycles. The highest BCUT2D eigenvalue weighted by Crippen LogP contribution is 2.14. The van der Waals surface area contributed by atoms with E-state index in [2.05, 4.69) is 5.32 Å². The Morgan fingerprint density at radius 3 is 1.96 bits per heavy atom. The summed E-state index contributed by atoms with van der Waals surface area (Å²) in [6, 6.07) is 17.1. The molecule has 0 aliphatic rings. The Kier molecular flexibility index (Phi) is 3.93. The molecule has 2 N–H and O–H groups in total. The first-order valence-corrected chi connectivity index (χ1v) is 7.01. The largest absolute Gasteiger partial charge is 0.478 e. The average Bonchev–Trinajstić information content (AvgIpc) is 3.10. The zero-order valence-corrected chi connectivity index (χ0v) is 12.1. The number of rotatable bonds is 4. The summed E-state index contributed by atoms with van der Waals surface area (Å²) in [5, 5.41) is 11.6. The van der Waals surface area contributed by atoms with E-state index in [4.69, 9.17) is 5.11 Å². The van der Waals surface area contributed by atoms with Gasteiger partial charge >= 0.3 is 5.97 Å². The van der Waals surface area contributed by atoms with Gasteiger partial charge in [-0.3, -0.25) is 4.79 Å². The Morgan fingerprint density at radius 2 is 1.39 bits per heavy atom. The minimum absolute atomic E-state index is 0.180. The molecule has 0 saturated carbocycles. The van der Waals surface area contributed by atoms with Crippen molar-refractivity contribution >= 4 is 17.6 Å². The van der Waals surface area contributed by atoms with Gasteiger partial charge in [-0.05, 0) is 60.7 Å². The van der Waals surface area contributed by atoms with Gasteiger partial charge in [0, 0.05) is 29.3 Å². The van der Waals surface area contributed by atoms with Crippen molar-refractivity contribution in [2.75, 3.05) is 5.32 Å². The van der Waals surface area contributed by atoms with Crippen LogP contribution in [0.15, 0.2) is 73.1 Å². The van der Waals surface area contributed by atoms with E-state index >= 15 is 0 Å². The van der Waals surface area contributed by atoms with E-state index in [9.17, 15) is 9.59 Å². The normalized spacial score (nSPS) is 10.3. The molecular formula is C18H14N2O3. The first-order valence-electron chi connectivity index (χ1n) is 7.01. The highest BCUT2D eigenvalue weighted by atomic mass is 16.4. The molecule has 0 radical (unpaired) electrons. The second kappa shape index (κ2) is 6.19. The van der Waals surface area contributed by atoms with Crippen molar-refractivity contribution in [1.82, 2.24) is 4.57 Å². The van der Waals surface area contributed by atoms with Gasteiger partial charge in [0.05, 0.1) is 5.56 Å². The third kappa shape index (κ3) is 3.29. The minimum atomic E-state index is -0.997. The highest BCUT2D eigenvalue weighted by molar-refractivity contribution is 6.04. The number of carbonyl (C=O) groups is 2. The molecule has 1 aromatic heterocycles. The SMILES string of the molecule is O=C(O)c1ccc(NC(=O)c2ccc(-n3cccc3)cc2)cc1. The molecule has 0 fully saturated rings. The fourth-order valence-electron chi connectivity index (χ4n) is 2.19. The molecular weight excluding hydrogens is 292 g/mol. The van der Waals surface area contributed by atoms with Crippen LogP contribution in [0.5, 0.6) is 0 Å². The van der Waals surface area contributed by atoms with Crippen LogP contribution >= 0.6 is 0 Å². The molecule has 1 amide bonds. The first-order chi connectivity index (χ1) is 11.1. The first kappa shape index (κ1) is 14.6. The second-order valence-corrected chi connectivity index (χ2v) is 4.97. The number of carboxylic acid groups (broad SMARTS) is 1. The summed E-state index contributed by atoms with van der Waals surface area (Å²) in [4.78, 5) is 23.0. The summed E-state index contributed by atoms with van der Waals surface area (Å²) in [6.45, 7) is 0. The van der Waals surface area contributed by atoms with Gasteiger partial charge < -0.3 is 15.0 Å². The molecule has 3 rings (SSSR count). The molecule has 114 valence electrons. The second-order valence-electron chi connectivity index (χ2n) is 4.97. The van der Waals surface area contributed by atoms with Crippen LogP contribution in [0.1, 0.15) is 20.7 Å². The quantitative estimate of drug-likeness (QED) is 0.775. The number of amides is 1. The van der Waals surface area contributed by atoms with Gasteiger partial charge in [-0.25, -0.2) is 4.79 Å². The Labute approximate surface area is 132 Å². The third-order valence-corrected chi connectivity index (χ3v) is 3.42. The average molecular weight is 306 g/mol. The lowest BCUT2D eigenvalue weighted by Gasteiger charge is -2.07. The molecule has 0 unspecified atom stereocenters. The van der Waals surface area contributed by atoms with Crippen molar-refractivity contribution < 1.29 is 14.7 Å². The van der Waals surface area contributed by atoms with Crippen LogP contribution in [-0.4, -0.2) is 21.6 Å². The molecule has 0 atom stereocenters. The molecule has 2 aromatic carbocycles. The van der Waals surface area contributed by atoms with Gasteiger partial charge in [0.1, 0.15) is 0 Å². The van der Waals surface area contributed by atoms with Crippen molar-refractivity contribution in [2.24, 2.45) is 0 Å². The molecule has 1 heterocycles. The van der Waals surface area contributed by atoms with E-state index in [0.717, 1.165) is 5.69 Å². The van der Waals surface area contributed by atoms with Crippen LogP contribution in [0.3, 0.4) is 0 Å². The zero-order chi connectivity index (χ0) is 16.2. The topological polar surface area (TPSA) is 71.3 Å². The molecule has 0 aliphatic heterocycles. The van der Waals surface area contributed by atoms with E-state index in [1.165, 1.54) is 12.1 Å². The zero-order valence-electron chi connectivity index (χ0n) is 12.1. The Balaban J connectivity index is 1.71. The van der Waals surface area contributed by atoms with Crippen LogP contribution in [-0.2, 0) is 0 Å². The van der Waals surface area contributed by atoms with Crippen molar-refractivity contribution in [1.29, 1.82) is 0 Å². The van der Waals surface area contributed by atoms with Crippen molar-refractivity contribution in [2.45, 2.75) is 0 Å². The number of aromatic nitrogens is 1. The number of hydrogen-bond acceptors (Lipinski definition) is 2. The van der Waals surface area contributed by atoms with Crippen LogP contribution in [0, 0.1) is 0 Å². The van der Waals surface area contributed by atoms with Crippen molar-refractivity contribution in [3.63, 3.8) is 0 Å². The summed E-state index contributed by atoms with van der Waals surface area (Å²) < 4.78 is 1.95. The van der Waals surface area contributed by atoms with Gasteiger partial charge in [0.25, 0.3) is 5.91 Å². The maximum absolute atomic E-state index is 12.2. The lowest BCUT2D eigenvalue weighted by molar-refractivity contribution is 0.0696. The summed E-state index contributed by atoms with van der Waals surface area (Å²) in [6.07, 6.45) is 3.86. The van der Waals surface area contributed by atoms with Gasteiger partial charge in [0.2, 0.25) is 0 Å². The number of hydrogen-bond donors (Lipinski definition) is 2. The predicted molar refractivity (Wildman–Crippen MR) is 87.1 cm³/mol. The number of nitrogens with one attached hydrogen (secondary N) is 1. The predicted octanol–water partition coefficient (Wildman–Crippen LogP) is 3.43. The lowest BCUT2D eigenvalue weighted by Crippen LogP contribution is -2.12. The van der Waals surface area contributed by atoms with Gasteiger partial charge in [-0.15, -0.1) is 0 Å². The number of carbonyl (C=O) groups excluding carboxylic acids is 1. The van der Waals surface area contributed by atoms with E-state index in [-0.39, 0.29) is 11.5 Å². The number of benzene rings is 2. The fourth-order valence-corrected chi connectivity index (χ4v) is 2.19. The van der Waals surface area contributed by atoms with E-state index in [0.29, 0.717) is 11.3 Å². The molecule has 23 heavy (non-hydrogen) atoms.